The van der Waals surface area contributed by atoms with Crippen LogP contribution < -0.4 is 4.90 Å². The number of fused-ring (bicyclic) bond motifs is 1. The molecule has 0 bridgehead atoms. The van der Waals surface area contributed by atoms with E-state index >= 15 is 0 Å². The zero-order chi connectivity index (χ0) is 25.3. The summed E-state index contributed by atoms with van der Waals surface area (Å²) in [5, 5.41) is 9.66. The van der Waals surface area contributed by atoms with Crippen LogP contribution in [0.15, 0.2) is 71.6 Å². The van der Waals surface area contributed by atoms with Crippen molar-refractivity contribution in [3.8, 4) is 11.4 Å². The van der Waals surface area contributed by atoms with E-state index < -0.39 is 6.09 Å². The Bertz CT molecular complexity index is 1350. The molecule has 5 rings (SSSR count). The third-order valence-electron chi connectivity index (χ3n) is 6.65. The average molecular weight is 502 g/mol. The van der Waals surface area contributed by atoms with Gasteiger partial charge in [-0.15, -0.1) is 11.8 Å². The summed E-state index contributed by atoms with van der Waals surface area (Å²) in [6, 6.07) is 22.7. The summed E-state index contributed by atoms with van der Waals surface area (Å²) in [4.78, 5) is 29.7. The van der Waals surface area contributed by atoms with Crippen LogP contribution in [0, 0.1) is 5.41 Å². The predicted octanol–water partition coefficient (Wildman–Crippen LogP) is 6.13. The second-order valence-corrected chi connectivity index (χ2v) is 11.3. The summed E-state index contributed by atoms with van der Waals surface area (Å²) >= 11 is 1.82. The van der Waals surface area contributed by atoms with Crippen molar-refractivity contribution >= 4 is 34.8 Å². The number of benzene rings is 2. The van der Waals surface area contributed by atoms with Crippen molar-refractivity contribution in [3.05, 3.63) is 72.3 Å². The number of H-pyrrole nitrogens is 1. The van der Waals surface area contributed by atoms with E-state index in [9.17, 15) is 9.90 Å². The highest BCUT2D eigenvalue weighted by Crippen LogP contribution is 2.31. The molecule has 2 aromatic carbocycles. The van der Waals surface area contributed by atoms with Crippen molar-refractivity contribution in [2.45, 2.75) is 37.5 Å². The Morgan fingerprint density at radius 1 is 1.03 bits per heavy atom. The maximum Gasteiger partial charge on any atom is 0.407 e. The lowest BCUT2D eigenvalue weighted by atomic mass is 9.84. The minimum atomic E-state index is -0.860. The molecule has 1 atom stereocenters. The van der Waals surface area contributed by atoms with Crippen LogP contribution in [0.4, 0.5) is 10.6 Å². The smallest absolute Gasteiger partial charge is 0.407 e. The summed E-state index contributed by atoms with van der Waals surface area (Å²) in [6.45, 7) is 7.93. The molecule has 1 amide bonds. The van der Waals surface area contributed by atoms with Gasteiger partial charge in [0.2, 0.25) is 0 Å². The van der Waals surface area contributed by atoms with Crippen LogP contribution in [0.1, 0.15) is 26.3 Å². The number of nitrogens with zero attached hydrogens (tertiary/aromatic N) is 4. The summed E-state index contributed by atoms with van der Waals surface area (Å²) in [6.07, 6.45) is -0.860. The molecule has 36 heavy (non-hydrogen) atoms. The van der Waals surface area contributed by atoms with Gasteiger partial charge in [-0.05, 0) is 35.2 Å². The molecular formula is C28H31N5O2S. The van der Waals surface area contributed by atoms with Gasteiger partial charge in [-0.2, -0.15) is 0 Å². The zero-order valence-electron chi connectivity index (χ0n) is 20.8. The number of aromatic nitrogens is 3. The largest absolute Gasteiger partial charge is 0.465 e. The topological polar surface area (TPSA) is 85.4 Å². The fourth-order valence-electron chi connectivity index (χ4n) is 4.61. The van der Waals surface area contributed by atoms with Gasteiger partial charge in [0.15, 0.2) is 5.65 Å². The van der Waals surface area contributed by atoms with Gasteiger partial charge in [0.05, 0.1) is 6.04 Å². The predicted molar refractivity (Wildman–Crippen MR) is 146 cm³/mol. The maximum absolute atomic E-state index is 11.8. The van der Waals surface area contributed by atoms with Gasteiger partial charge in [-0.3, -0.25) is 0 Å². The number of rotatable bonds is 5. The third kappa shape index (κ3) is 5.18. The zero-order valence-corrected chi connectivity index (χ0v) is 21.6. The SMILES string of the molecule is CC(C)(C)C1CN(c2ccc3nc(-c4ccc(SCc5ccccc5)cc4)[nH]c3n2)CCN1C(=O)O. The minimum Gasteiger partial charge on any atom is -0.465 e. The number of pyridine rings is 1. The molecule has 186 valence electrons. The van der Waals surface area contributed by atoms with Gasteiger partial charge in [0.1, 0.15) is 17.2 Å². The van der Waals surface area contributed by atoms with Crippen LogP contribution in [0.3, 0.4) is 0 Å². The molecule has 1 aliphatic rings. The highest BCUT2D eigenvalue weighted by atomic mass is 32.2. The standard InChI is InChI=1S/C28H31N5O2S/c1-28(2,3)23-17-32(15-16-33(23)27(34)35)24-14-13-22-26(30-24)31-25(29-22)20-9-11-21(12-10-20)36-18-19-7-5-4-6-8-19/h4-14,23H,15-18H2,1-3H3,(H,34,35)(H,29,30,31). The van der Waals surface area contributed by atoms with Crippen LogP contribution in [0.5, 0.6) is 0 Å². The van der Waals surface area contributed by atoms with Crippen LogP contribution >= 0.6 is 11.8 Å². The third-order valence-corrected chi connectivity index (χ3v) is 7.74. The number of carbonyl (C=O) groups is 1. The van der Waals surface area contributed by atoms with Crippen molar-refractivity contribution in [2.75, 3.05) is 24.5 Å². The van der Waals surface area contributed by atoms with E-state index in [-0.39, 0.29) is 11.5 Å². The second-order valence-electron chi connectivity index (χ2n) is 10.2. The summed E-state index contributed by atoms with van der Waals surface area (Å²) in [5.74, 6) is 2.57. The van der Waals surface area contributed by atoms with E-state index in [1.807, 2.05) is 30.0 Å². The van der Waals surface area contributed by atoms with Crippen LogP contribution in [0.2, 0.25) is 0 Å². The number of carboxylic acid groups (broad SMARTS) is 1. The molecule has 2 aromatic heterocycles. The van der Waals surface area contributed by atoms with Crippen molar-refractivity contribution < 1.29 is 9.90 Å². The number of nitrogens with one attached hydrogen (secondary N) is 1. The van der Waals surface area contributed by atoms with Gasteiger partial charge in [-0.1, -0.05) is 63.2 Å². The van der Waals surface area contributed by atoms with E-state index in [1.54, 1.807) is 4.90 Å². The molecule has 0 radical (unpaired) electrons. The lowest BCUT2D eigenvalue weighted by Gasteiger charge is -2.46. The van der Waals surface area contributed by atoms with Gasteiger partial charge in [0, 0.05) is 35.8 Å². The Morgan fingerprint density at radius 3 is 2.47 bits per heavy atom. The van der Waals surface area contributed by atoms with E-state index in [0.29, 0.717) is 19.6 Å². The lowest BCUT2D eigenvalue weighted by Crippen LogP contribution is -2.59. The molecule has 0 spiro atoms. The molecule has 1 saturated heterocycles. The first-order chi connectivity index (χ1) is 17.3. The number of anilines is 1. The maximum atomic E-state index is 11.8. The molecule has 8 heteroatoms. The molecule has 7 nitrogen and oxygen atoms in total. The molecule has 2 N–H and O–H groups in total. The number of hydrogen-bond acceptors (Lipinski definition) is 5. The molecule has 1 unspecified atom stereocenters. The van der Waals surface area contributed by atoms with Crippen molar-refractivity contribution in [1.82, 2.24) is 19.9 Å². The molecule has 1 aliphatic heterocycles. The number of thioether (sulfide) groups is 1. The number of hydrogen-bond donors (Lipinski definition) is 2. The van der Waals surface area contributed by atoms with Gasteiger partial charge in [-0.25, -0.2) is 14.8 Å². The van der Waals surface area contributed by atoms with E-state index in [4.69, 9.17) is 9.97 Å². The van der Waals surface area contributed by atoms with Gasteiger partial charge < -0.3 is 19.9 Å². The minimum absolute atomic E-state index is 0.114. The van der Waals surface area contributed by atoms with E-state index in [2.05, 4.69) is 79.2 Å². The van der Waals surface area contributed by atoms with Crippen molar-refractivity contribution in [2.24, 2.45) is 5.41 Å². The molecular weight excluding hydrogens is 470 g/mol. The fraction of sp³-hybridized carbons (Fsp3) is 0.321. The van der Waals surface area contributed by atoms with Crippen LogP contribution in [0.25, 0.3) is 22.6 Å². The first-order valence-corrected chi connectivity index (χ1v) is 13.1. The summed E-state index contributed by atoms with van der Waals surface area (Å²) in [7, 11) is 0. The molecule has 0 saturated carbocycles. The van der Waals surface area contributed by atoms with E-state index in [0.717, 1.165) is 34.1 Å². The quantitative estimate of drug-likeness (QED) is 0.320. The fourth-order valence-corrected chi connectivity index (χ4v) is 5.46. The highest BCUT2D eigenvalue weighted by molar-refractivity contribution is 7.98. The first kappa shape index (κ1) is 24.2. The van der Waals surface area contributed by atoms with Gasteiger partial charge in [0.25, 0.3) is 0 Å². The van der Waals surface area contributed by atoms with Crippen LogP contribution in [-0.2, 0) is 5.75 Å². The summed E-state index contributed by atoms with van der Waals surface area (Å²) in [5.41, 5.74) is 3.70. The number of imidazole rings is 1. The molecule has 0 aliphatic carbocycles. The molecule has 3 heterocycles. The Hall–Kier alpha value is -3.52. The lowest BCUT2D eigenvalue weighted by molar-refractivity contribution is 0.0747. The normalized spacial score (nSPS) is 16.5. The first-order valence-electron chi connectivity index (χ1n) is 12.2. The second kappa shape index (κ2) is 9.85. The van der Waals surface area contributed by atoms with Crippen LogP contribution in [-0.4, -0.2) is 56.7 Å². The number of piperazine rings is 1. The number of aromatic amines is 1. The monoisotopic (exact) mass is 501 g/mol. The Kier molecular flexibility index (Phi) is 6.62. The highest BCUT2D eigenvalue weighted by Gasteiger charge is 2.38. The Labute approximate surface area is 215 Å². The van der Waals surface area contributed by atoms with Crippen molar-refractivity contribution in [1.29, 1.82) is 0 Å². The Morgan fingerprint density at radius 2 is 1.78 bits per heavy atom. The van der Waals surface area contributed by atoms with Crippen molar-refractivity contribution in [3.63, 3.8) is 0 Å². The average Bonchev–Trinajstić information content (AvgIpc) is 3.31. The number of amides is 1. The molecule has 1 fully saturated rings. The summed E-state index contributed by atoms with van der Waals surface area (Å²) < 4.78 is 0. The Balaban J connectivity index is 1.31. The van der Waals surface area contributed by atoms with E-state index in [1.165, 1.54) is 10.5 Å². The molecule has 4 aromatic rings. The van der Waals surface area contributed by atoms with Gasteiger partial charge >= 0.3 is 6.09 Å².